The van der Waals surface area contributed by atoms with E-state index in [4.69, 9.17) is 27.0 Å². The molecule has 0 radical (unpaired) electrons. The van der Waals surface area contributed by atoms with E-state index >= 15 is 0 Å². The van der Waals surface area contributed by atoms with Gasteiger partial charge in [0, 0.05) is 16.7 Å². The molecule has 29 heavy (non-hydrogen) atoms. The van der Waals surface area contributed by atoms with Crippen molar-refractivity contribution in [2.45, 2.75) is 18.9 Å². The zero-order valence-corrected chi connectivity index (χ0v) is 15.6. The average Bonchev–Trinajstić information content (AvgIpc) is 2.70. The standard InChI is InChI=1S/C20H23N5O4/c21-17(22)12-6-8-13(9-7-12)19(26)25-16(20(27)28)5-2-10-29-15-4-1-3-14(11-15)18(23)24/h1,3-4,6-9,11,16H,2,5,10H2,(H3,21,22)(H3,23,24)(H,25,26)(H,27,28)/t16-/m1/s1. The second-order valence-corrected chi connectivity index (χ2v) is 6.29. The van der Waals surface area contributed by atoms with Crippen LogP contribution in [0.5, 0.6) is 5.75 Å². The molecule has 2 rings (SSSR count). The van der Waals surface area contributed by atoms with E-state index in [1.165, 1.54) is 24.3 Å². The molecule has 8 N–H and O–H groups in total. The lowest BCUT2D eigenvalue weighted by atomic mass is 10.1. The summed E-state index contributed by atoms with van der Waals surface area (Å²) in [6, 6.07) is 11.7. The molecule has 0 aromatic heterocycles. The maximum absolute atomic E-state index is 12.3. The van der Waals surface area contributed by atoms with Crippen LogP contribution in [0.3, 0.4) is 0 Å². The molecule has 152 valence electrons. The summed E-state index contributed by atoms with van der Waals surface area (Å²) in [5.41, 5.74) is 12.1. The van der Waals surface area contributed by atoms with Crippen LogP contribution in [0, 0.1) is 10.8 Å². The summed E-state index contributed by atoms with van der Waals surface area (Å²) in [5.74, 6) is -1.33. The maximum Gasteiger partial charge on any atom is 0.326 e. The lowest BCUT2D eigenvalue weighted by Gasteiger charge is -2.15. The van der Waals surface area contributed by atoms with Gasteiger partial charge in [0.05, 0.1) is 6.61 Å². The third-order valence-corrected chi connectivity index (χ3v) is 4.11. The Morgan fingerprint density at radius 1 is 1.00 bits per heavy atom. The van der Waals surface area contributed by atoms with Crippen molar-refractivity contribution in [3.05, 3.63) is 65.2 Å². The quantitative estimate of drug-likeness (QED) is 0.200. The fourth-order valence-electron chi connectivity index (χ4n) is 2.53. The summed E-state index contributed by atoms with van der Waals surface area (Å²) < 4.78 is 5.56. The highest BCUT2D eigenvalue weighted by Gasteiger charge is 2.20. The Hall–Kier alpha value is -3.88. The van der Waals surface area contributed by atoms with Crippen molar-refractivity contribution in [3.63, 3.8) is 0 Å². The Balaban J connectivity index is 1.87. The van der Waals surface area contributed by atoms with Gasteiger partial charge in [0.1, 0.15) is 23.5 Å². The number of hydrogen-bond donors (Lipinski definition) is 6. The molecule has 0 heterocycles. The van der Waals surface area contributed by atoms with Gasteiger partial charge in [-0.2, -0.15) is 0 Å². The molecule has 0 aliphatic rings. The zero-order valence-electron chi connectivity index (χ0n) is 15.6. The van der Waals surface area contributed by atoms with E-state index < -0.39 is 17.9 Å². The smallest absolute Gasteiger partial charge is 0.326 e. The molecule has 0 aliphatic heterocycles. The number of benzene rings is 2. The first kappa shape index (κ1) is 21.4. The van der Waals surface area contributed by atoms with E-state index in [0.29, 0.717) is 23.3 Å². The third kappa shape index (κ3) is 6.35. The molecule has 0 bridgehead atoms. The topological polar surface area (TPSA) is 175 Å². The number of nitrogens with one attached hydrogen (secondary N) is 3. The molecule has 0 aliphatic carbocycles. The second-order valence-electron chi connectivity index (χ2n) is 6.29. The molecular formula is C20H23N5O4. The van der Waals surface area contributed by atoms with E-state index in [0.717, 1.165) is 0 Å². The van der Waals surface area contributed by atoms with Gasteiger partial charge in [0.2, 0.25) is 0 Å². The first-order valence-electron chi connectivity index (χ1n) is 8.83. The number of carboxylic acid groups (broad SMARTS) is 1. The number of rotatable bonds is 10. The molecule has 1 amide bonds. The fourth-order valence-corrected chi connectivity index (χ4v) is 2.53. The molecule has 9 heteroatoms. The van der Waals surface area contributed by atoms with Crippen LogP contribution in [-0.4, -0.2) is 41.3 Å². The lowest BCUT2D eigenvalue weighted by molar-refractivity contribution is -0.139. The lowest BCUT2D eigenvalue weighted by Crippen LogP contribution is -2.41. The largest absolute Gasteiger partial charge is 0.494 e. The van der Waals surface area contributed by atoms with Crippen LogP contribution in [0.25, 0.3) is 0 Å². The van der Waals surface area contributed by atoms with Crippen LogP contribution in [0.4, 0.5) is 0 Å². The van der Waals surface area contributed by atoms with Gasteiger partial charge in [0.25, 0.3) is 5.91 Å². The number of hydrogen-bond acceptors (Lipinski definition) is 5. The van der Waals surface area contributed by atoms with Gasteiger partial charge in [-0.3, -0.25) is 15.6 Å². The number of ether oxygens (including phenoxy) is 1. The summed E-state index contributed by atoms with van der Waals surface area (Å²) >= 11 is 0. The molecule has 1 atom stereocenters. The summed E-state index contributed by atoms with van der Waals surface area (Å²) in [4.78, 5) is 23.7. The normalized spacial score (nSPS) is 11.3. The van der Waals surface area contributed by atoms with Crippen molar-refractivity contribution in [2.75, 3.05) is 6.61 Å². The van der Waals surface area contributed by atoms with Gasteiger partial charge in [-0.1, -0.05) is 24.3 Å². The molecule has 2 aromatic rings. The maximum atomic E-state index is 12.3. The minimum atomic E-state index is -1.14. The van der Waals surface area contributed by atoms with Crippen LogP contribution in [0.1, 0.15) is 34.3 Å². The minimum Gasteiger partial charge on any atom is -0.494 e. The first-order valence-corrected chi connectivity index (χ1v) is 8.83. The van der Waals surface area contributed by atoms with Crippen LogP contribution >= 0.6 is 0 Å². The fraction of sp³-hybridized carbons (Fsp3) is 0.200. The van der Waals surface area contributed by atoms with Gasteiger partial charge >= 0.3 is 5.97 Å². The average molecular weight is 397 g/mol. The molecular weight excluding hydrogens is 374 g/mol. The van der Waals surface area contributed by atoms with Crippen LogP contribution in [0.2, 0.25) is 0 Å². The van der Waals surface area contributed by atoms with Crippen molar-refractivity contribution in [1.82, 2.24) is 5.32 Å². The molecule has 0 spiro atoms. The Kier molecular flexibility index (Phi) is 7.30. The molecule has 2 aromatic carbocycles. The van der Waals surface area contributed by atoms with Crippen molar-refractivity contribution >= 4 is 23.5 Å². The van der Waals surface area contributed by atoms with Crippen LogP contribution < -0.4 is 21.5 Å². The van der Waals surface area contributed by atoms with Gasteiger partial charge in [-0.05, 0) is 37.1 Å². The van der Waals surface area contributed by atoms with E-state index in [1.54, 1.807) is 24.3 Å². The Labute approximate surface area is 167 Å². The number of amidine groups is 2. The Bertz CT molecular complexity index is 911. The summed E-state index contributed by atoms with van der Waals surface area (Å²) in [7, 11) is 0. The van der Waals surface area contributed by atoms with Gasteiger partial charge in [0.15, 0.2) is 0 Å². The van der Waals surface area contributed by atoms with Crippen molar-refractivity contribution in [2.24, 2.45) is 11.5 Å². The van der Waals surface area contributed by atoms with Crippen molar-refractivity contribution in [1.29, 1.82) is 10.8 Å². The number of nitrogens with two attached hydrogens (primary N) is 2. The van der Waals surface area contributed by atoms with Gasteiger partial charge in [-0.25, -0.2) is 4.79 Å². The highest BCUT2D eigenvalue weighted by atomic mass is 16.5. The summed E-state index contributed by atoms with van der Waals surface area (Å²) in [6.45, 7) is 0.244. The predicted octanol–water partition coefficient (Wildman–Crippen LogP) is 1.30. The van der Waals surface area contributed by atoms with E-state index in [2.05, 4.69) is 5.32 Å². The second kappa shape index (κ2) is 9.88. The minimum absolute atomic E-state index is 0.0690. The number of carboxylic acids is 1. The number of aliphatic carboxylic acids is 1. The van der Waals surface area contributed by atoms with E-state index in [-0.39, 0.29) is 30.3 Å². The monoisotopic (exact) mass is 397 g/mol. The van der Waals surface area contributed by atoms with Crippen molar-refractivity contribution < 1.29 is 19.4 Å². The third-order valence-electron chi connectivity index (χ3n) is 4.11. The molecule has 0 unspecified atom stereocenters. The van der Waals surface area contributed by atoms with Gasteiger partial charge in [-0.15, -0.1) is 0 Å². The number of amides is 1. The van der Waals surface area contributed by atoms with Crippen LogP contribution in [0.15, 0.2) is 48.5 Å². The number of nitrogen functional groups attached to an aromatic ring is 2. The molecule has 9 nitrogen and oxygen atoms in total. The molecule has 0 saturated heterocycles. The van der Waals surface area contributed by atoms with Crippen LogP contribution in [-0.2, 0) is 4.79 Å². The molecule has 0 fully saturated rings. The predicted molar refractivity (Wildman–Crippen MR) is 109 cm³/mol. The zero-order chi connectivity index (χ0) is 21.4. The highest BCUT2D eigenvalue weighted by molar-refractivity contribution is 5.99. The summed E-state index contributed by atoms with van der Waals surface area (Å²) in [5, 5.41) is 26.6. The van der Waals surface area contributed by atoms with E-state index in [1.807, 2.05) is 0 Å². The van der Waals surface area contributed by atoms with E-state index in [9.17, 15) is 14.7 Å². The Morgan fingerprint density at radius 2 is 1.62 bits per heavy atom. The van der Waals surface area contributed by atoms with Crippen molar-refractivity contribution in [3.8, 4) is 5.75 Å². The number of carbonyl (C=O) groups excluding carboxylic acids is 1. The Morgan fingerprint density at radius 3 is 2.21 bits per heavy atom. The SMILES string of the molecule is N=C(N)c1ccc(C(=O)N[C@H](CCCOc2cccc(C(=N)N)c2)C(=O)O)cc1. The highest BCUT2D eigenvalue weighted by Crippen LogP contribution is 2.14. The molecule has 0 saturated carbocycles. The summed E-state index contributed by atoms with van der Waals surface area (Å²) in [6.07, 6.45) is 0.573. The van der Waals surface area contributed by atoms with Gasteiger partial charge < -0.3 is 26.6 Å². The number of carbonyl (C=O) groups is 2. The first-order chi connectivity index (χ1) is 13.8.